The maximum Gasteiger partial charge on any atom is 0.303 e. The number of hydrogen-bond acceptors (Lipinski definition) is 6. The monoisotopic (exact) mass is 468 g/mol. The highest BCUT2D eigenvalue weighted by molar-refractivity contribution is 6.44. The van der Waals surface area contributed by atoms with E-state index in [-0.39, 0.29) is 29.7 Å². The Morgan fingerprint density at radius 3 is 2.59 bits per heavy atom. The molecule has 0 aromatic carbocycles. The summed E-state index contributed by atoms with van der Waals surface area (Å²) in [5, 5.41) is 23.1. The highest BCUT2D eigenvalue weighted by atomic mass is 35.5. The molecule has 3 unspecified atom stereocenters. The number of ketones is 2. The number of fused-ring (bicyclic) bond motifs is 5. The summed E-state index contributed by atoms with van der Waals surface area (Å²) in [4.78, 5) is 36.4. The van der Waals surface area contributed by atoms with Crippen LogP contribution in [0.2, 0.25) is 0 Å². The quantitative estimate of drug-likeness (QED) is 0.618. The minimum Gasteiger partial charge on any atom is -0.458 e. The molecule has 3 saturated carbocycles. The van der Waals surface area contributed by atoms with Crippen molar-refractivity contribution in [3.05, 3.63) is 22.8 Å². The van der Waals surface area contributed by atoms with Crippen LogP contribution < -0.4 is 0 Å². The summed E-state index contributed by atoms with van der Waals surface area (Å²) >= 11 is 6.15. The van der Waals surface area contributed by atoms with Crippen molar-refractivity contribution >= 4 is 29.1 Å². The molecule has 8 heteroatoms. The number of hydrogen-bond donors (Lipinski definition) is 2. The van der Waals surface area contributed by atoms with E-state index in [2.05, 4.69) is 0 Å². The van der Waals surface area contributed by atoms with E-state index in [0.29, 0.717) is 12.0 Å². The summed E-state index contributed by atoms with van der Waals surface area (Å²) < 4.78 is 20.3. The van der Waals surface area contributed by atoms with Crippen LogP contribution >= 0.6 is 11.6 Å². The van der Waals surface area contributed by atoms with Crippen molar-refractivity contribution in [3.63, 3.8) is 0 Å². The Balaban J connectivity index is 1.75. The van der Waals surface area contributed by atoms with E-state index in [9.17, 15) is 24.6 Å². The van der Waals surface area contributed by atoms with E-state index < -0.39 is 64.7 Å². The molecule has 0 bridgehead atoms. The van der Waals surface area contributed by atoms with Crippen LogP contribution in [0.5, 0.6) is 0 Å². The molecule has 0 aromatic heterocycles. The first kappa shape index (κ1) is 23.6. The molecule has 3 fully saturated rings. The van der Waals surface area contributed by atoms with E-state index in [1.165, 1.54) is 13.0 Å². The third kappa shape index (κ3) is 3.00. The molecule has 0 heterocycles. The molecule has 0 saturated heterocycles. The standard InChI is InChI=1S/C24H30ClFO6/c1-11-5-14-13-6-17(26)15-7-18(28)16(25)8-22(15,3)21(13)19(29)9-23(14,4)24(11,31)20(30)10-32-12(2)27/h7-8,11,13-14,17,19,21,29,31H,5-6,9-10H2,1-4H3/t11?,13-,14-,17?,19?,21+,22-,23-,24-/m0/s1. The number of carbonyl (C=O) groups excluding carboxylic acids is 3. The van der Waals surface area contributed by atoms with E-state index >= 15 is 4.39 Å². The fourth-order valence-electron chi connectivity index (χ4n) is 7.60. The molecule has 0 aromatic rings. The molecule has 0 radical (unpaired) electrons. The van der Waals surface area contributed by atoms with Gasteiger partial charge in [0.25, 0.3) is 0 Å². The van der Waals surface area contributed by atoms with Gasteiger partial charge in [0.15, 0.2) is 12.4 Å². The molecule has 0 spiro atoms. The number of aliphatic hydroxyl groups is 2. The molecule has 2 N–H and O–H groups in total. The molecule has 176 valence electrons. The van der Waals surface area contributed by atoms with Crippen molar-refractivity contribution in [2.45, 2.75) is 64.8 Å². The Morgan fingerprint density at radius 2 is 1.97 bits per heavy atom. The maximum atomic E-state index is 15.4. The van der Waals surface area contributed by atoms with Gasteiger partial charge in [-0.15, -0.1) is 0 Å². The Kier molecular flexibility index (Phi) is 5.51. The second kappa shape index (κ2) is 7.47. The first-order chi connectivity index (χ1) is 14.8. The van der Waals surface area contributed by atoms with Crippen LogP contribution in [0.25, 0.3) is 0 Å². The van der Waals surface area contributed by atoms with Gasteiger partial charge in [0.1, 0.15) is 11.8 Å². The number of alkyl halides is 1. The predicted molar refractivity (Wildman–Crippen MR) is 114 cm³/mol. The van der Waals surface area contributed by atoms with E-state index in [1.54, 1.807) is 26.8 Å². The number of aliphatic hydroxyl groups excluding tert-OH is 1. The Morgan fingerprint density at radius 1 is 1.31 bits per heavy atom. The molecular formula is C24H30ClFO6. The second-order valence-corrected chi connectivity index (χ2v) is 10.9. The fraction of sp³-hybridized carbons (Fsp3) is 0.708. The maximum absolute atomic E-state index is 15.4. The van der Waals surface area contributed by atoms with Gasteiger partial charge < -0.3 is 14.9 Å². The summed E-state index contributed by atoms with van der Waals surface area (Å²) in [5.74, 6) is -3.07. The Bertz CT molecular complexity index is 945. The van der Waals surface area contributed by atoms with Crippen LogP contribution in [0.1, 0.15) is 47.0 Å². The van der Waals surface area contributed by atoms with Crippen molar-refractivity contribution in [3.8, 4) is 0 Å². The summed E-state index contributed by atoms with van der Waals surface area (Å²) in [7, 11) is 0. The van der Waals surface area contributed by atoms with Crippen LogP contribution in [-0.4, -0.2) is 52.2 Å². The minimum absolute atomic E-state index is 0.0116. The Labute approximate surface area is 191 Å². The van der Waals surface area contributed by atoms with Gasteiger partial charge in [0.05, 0.1) is 11.1 Å². The van der Waals surface area contributed by atoms with Gasteiger partial charge in [-0.25, -0.2) is 4.39 Å². The number of esters is 1. The van der Waals surface area contributed by atoms with Gasteiger partial charge >= 0.3 is 5.97 Å². The van der Waals surface area contributed by atoms with Crippen molar-refractivity contribution in [1.29, 1.82) is 0 Å². The van der Waals surface area contributed by atoms with Gasteiger partial charge in [0, 0.05) is 23.7 Å². The van der Waals surface area contributed by atoms with Crippen molar-refractivity contribution < 1.29 is 33.7 Å². The van der Waals surface area contributed by atoms with Gasteiger partial charge in [-0.3, -0.25) is 14.4 Å². The summed E-state index contributed by atoms with van der Waals surface area (Å²) in [6.07, 6.45) is 1.20. The zero-order valence-electron chi connectivity index (χ0n) is 18.7. The molecule has 32 heavy (non-hydrogen) atoms. The summed E-state index contributed by atoms with van der Waals surface area (Å²) in [5.41, 5.74) is -3.42. The smallest absolute Gasteiger partial charge is 0.303 e. The lowest BCUT2D eigenvalue weighted by atomic mass is 9.46. The van der Waals surface area contributed by atoms with E-state index in [0.717, 1.165) is 0 Å². The number of rotatable bonds is 3. The molecule has 4 aliphatic carbocycles. The molecule has 4 aliphatic rings. The average Bonchev–Trinajstić information content (AvgIpc) is 2.89. The van der Waals surface area contributed by atoms with Crippen molar-refractivity contribution in [1.82, 2.24) is 0 Å². The molecular weight excluding hydrogens is 439 g/mol. The zero-order valence-corrected chi connectivity index (χ0v) is 19.5. The molecule has 0 amide bonds. The zero-order chi connectivity index (χ0) is 23.8. The fourth-order valence-corrected chi connectivity index (χ4v) is 7.88. The van der Waals surface area contributed by atoms with Crippen LogP contribution in [0, 0.1) is 34.5 Å². The molecule has 0 aliphatic heterocycles. The number of halogens is 2. The number of Topliss-reactive ketones (excluding diaryl/α,β-unsaturated/α-hetero) is 1. The van der Waals surface area contributed by atoms with Gasteiger partial charge in [0.2, 0.25) is 5.78 Å². The lowest BCUT2D eigenvalue weighted by Crippen LogP contribution is -2.63. The highest BCUT2D eigenvalue weighted by Gasteiger charge is 2.71. The molecule has 9 atom stereocenters. The number of carbonyl (C=O) groups is 3. The average molecular weight is 469 g/mol. The van der Waals surface area contributed by atoms with E-state index in [4.69, 9.17) is 16.3 Å². The third-order valence-electron chi connectivity index (χ3n) is 8.95. The van der Waals surface area contributed by atoms with Gasteiger partial charge in [-0.1, -0.05) is 38.4 Å². The molecule has 6 nitrogen and oxygen atoms in total. The number of ether oxygens (including phenoxy) is 1. The largest absolute Gasteiger partial charge is 0.458 e. The first-order valence-electron chi connectivity index (χ1n) is 11.1. The molecule has 4 rings (SSSR count). The second-order valence-electron chi connectivity index (χ2n) is 10.5. The van der Waals surface area contributed by atoms with Crippen molar-refractivity contribution in [2.24, 2.45) is 34.5 Å². The first-order valence-corrected chi connectivity index (χ1v) is 11.5. The minimum atomic E-state index is -1.81. The normalized spacial score (nSPS) is 47.6. The van der Waals surface area contributed by atoms with Crippen LogP contribution in [0.4, 0.5) is 4.39 Å². The summed E-state index contributed by atoms with van der Waals surface area (Å²) in [6.45, 7) is 6.01. The SMILES string of the molecule is CC(=O)OCC(=O)[C@@]1(O)C(C)C[C@H]2[C@@H]3CC(F)C4=CC(=O)C(Cl)=C[C@]4(C)[C@H]3C(O)C[C@@]21C. The van der Waals surface area contributed by atoms with Crippen LogP contribution in [-0.2, 0) is 19.1 Å². The Hall–Kier alpha value is -1.57. The lowest BCUT2D eigenvalue weighted by molar-refractivity contribution is -0.187. The number of allylic oxidation sites excluding steroid dienone is 4. The van der Waals surface area contributed by atoms with E-state index in [1.807, 2.05) is 0 Å². The topological polar surface area (TPSA) is 101 Å². The van der Waals surface area contributed by atoms with Crippen molar-refractivity contribution in [2.75, 3.05) is 6.61 Å². The van der Waals surface area contributed by atoms with Crippen LogP contribution in [0.15, 0.2) is 22.8 Å². The highest BCUT2D eigenvalue weighted by Crippen LogP contribution is 2.68. The van der Waals surface area contributed by atoms with Gasteiger partial charge in [-0.05, 0) is 48.7 Å². The predicted octanol–water partition coefficient (Wildman–Crippen LogP) is 2.89. The third-order valence-corrected chi connectivity index (χ3v) is 9.24. The lowest BCUT2D eigenvalue weighted by Gasteiger charge is -2.60. The van der Waals surface area contributed by atoms with Crippen LogP contribution in [0.3, 0.4) is 0 Å². The van der Waals surface area contributed by atoms with Gasteiger partial charge in [-0.2, -0.15) is 0 Å². The summed E-state index contributed by atoms with van der Waals surface area (Å²) in [6, 6.07) is 0.